The normalized spacial score (nSPS) is 13.5. The summed E-state index contributed by atoms with van der Waals surface area (Å²) < 4.78 is 6.52. The van der Waals surface area contributed by atoms with E-state index in [9.17, 15) is 0 Å². The summed E-state index contributed by atoms with van der Waals surface area (Å²) in [5.74, 6) is 0.943. The summed E-state index contributed by atoms with van der Waals surface area (Å²) in [5, 5.41) is 0. The summed E-state index contributed by atoms with van der Waals surface area (Å²) in [4.78, 5) is 2.42. The molecule has 0 aliphatic carbocycles. The largest absolute Gasteiger partial charge is 0.496 e. The summed E-state index contributed by atoms with van der Waals surface area (Å²) in [5.41, 5.74) is 4.02. The lowest BCUT2D eigenvalue weighted by Gasteiger charge is -2.21. The summed E-state index contributed by atoms with van der Waals surface area (Å²) in [6, 6.07) is 14.9. The number of halogens is 1. The topological polar surface area (TPSA) is 12.5 Å². The summed E-state index contributed by atoms with van der Waals surface area (Å²) in [7, 11) is 1.73. The Hall–Kier alpha value is -1.48. The molecule has 0 spiro atoms. The van der Waals surface area contributed by atoms with Gasteiger partial charge in [0.1, 0.15) is 5.75 Å². The predicted octanol–water partition coefficient (Wildman–Crippen LogP) is 4.02. The molecule has 2 aromatic rings. The molecule has 0 amide bonds. The van der Waals surface area contributed by atoms with E-state index in [0.29, 0.717) is 0 Å². The second-order valence-corrected chi connectivity index (χ2v) is 5.67. The van der Waals surface area contributed by atoms with Gasteiger partial charge in [-0.05, 0) is 30.2 Å². The quantitative estimate of drug-likeness (QED) is 0.847. The van der Waals surface area contributed by atoms with E-state index < -0.39 is 0 Å². The lowest BCUT2D eigenvalue weighted by molar-refractivity contribution is 0.409. The Bertz CT molecular complexity index is 597. The number of hydrogen-bond donors (Lipinski definition) is 0. The average Bonchev–Trinajstić information content (AvgIpc) is 2.84. The number of ether oxygens (including phenoxy) is 1. The van der Waals surface area contributed by atoms with Crippen LogP contribution in [-0.2, 0) is 13.0 Å². The Kier molecular flexibility index (Phi) is 3.47. The third-order valence-corrected chi connectivity index (χ3v) is 4.09. The first-order chi connectivity index (χ1) is 9.28. The van der Waals surface area contributed by atoms with Crippen molar-refractivity contribution in [3.63, 3.8) is 0 Å². The number of rotatable bonds is 3. The number of fused-ring (bicyclic) bond motifs is 1. The van der Waals surface area contributed by atoms with Crippen LogP contribution in [0.2, 0.25) is 0 Å². The van der Waals surface area contributed by atoms with Gasteiger partial charge in [0, 0.05) is 28.8 Å². The molecule has 0 radical (unpaired) electrons. The van der Waals surface area contributed by atoms with Gasteiger partial charge in [0.05, 0.1) is 7.11 Å². The average molecular weight is 318 g/mol. The van der Waals surface area contributed by atoms with Crippen LogP contribution in [0.1, 0.15) is 11.1 Å². The Balaban J connectivity index is 1.87. The maximum absolute atomic E-state index is 5.47. The minimum Gasteiger partial charge on any atom is -0.496 e. The number of hydrogen-bond acceptors (Lipinski definition) is 2. The highest BCUT2D eigenvalue weighted by Gasteiger charge is 2.19. The molecule has 2 aromatic carbocycles. The van der Waals surface area contributed by atoms with Crippen molar-refractivity contribution in [2.45, 2.75) is 13.0 Å². The van der Waals surface area contributed by atoms with E-state index >= 15 is 0 Å². The molecule has 1 aliphatic rings. The van der Waals surface area contributed by atoms with Crippen LogP contribution in [0.5, 0.6) is 5.75 Å². The van der Waals surface area contributed by atoms with Gasteiger partial charge in [-0.2, -0.15) is 0 Å². The predicted molar refractivity (Wildman–Crippen MR) is 81.9 cm³/mol. The fourth-order valence-electron chi connectivity index (χ4n) is 2.63. The molecule has 0 bridgehead atoms. The molecule has 0 unspecified atom stereocenters. The first-order valence-electron chi connectivity index (χ1n) is 6.43. The summed E-state index contributed by atoms with van der Waals surface area (Å²) >= 11 is 3.48. The molecular formula is C16H16BrNO. The smallest absolute Gasteiger partial charge is 0.124 e. The number of para-hydroxylation sites is 1. The van der Waals surface area contributed by atoms with Crippen LogP contribution in [0.4, 0.5) is 5.69 Å². The van der Waals surface area contributed by atoms with Crippen LogP contribution < -0.4 is 9.64 Å². The van der Waals surface area contributed by atoms with Gasteiger partial charge in [0.15, 0.2) is 0 Å². The maximum Gasteiger partial charge on any atom is 0.124 e. The van der Waals surface area contributed by atoms with Crippen molar-refractivity contribution in [2.24, 2.45) is 0 Å². The van der Waals surface area contributed by atoms with Crippen LogP contribution in [0.3, 0.4) is 0 Å². The highest BCUT2D eigenvalue weighted by atomic mass is 79.9. The molecule has 0 saturated carbocycles. The van der Waals surface area contributed by atoms with Crippen LogP contribution in [0, 0.1) is 0 Å². The Labute approximate surface area is 122 Å². The Morgan fingerprint density at radius 1 is 1.21 bits per heavy atom. The van der Waals surface area contributed by atoms with Crippen LogP contribution >= 0.6 is 15.9 Å². The van der Waals surface area contributed by atoms with Gasteiger partial charge in [-0.1, -0.05) is 40.2 Å². The minimum atomic E-state index is 0.896. The molecule has 3 rings (SSSR count). The van der Waals surface area contributed by atoms with Gasteiger partial charge in [-0.15, -0.1) is 0 Å². The van der Waals surface area contributed by atoms with Crippen molar-refractivity contribution >= 4 is 21.6 Å². The molecule has 0 saturated heterocycles. The molecule has 1 heterocycles. The van der Waals surface area contributed by atoms with Crippen molar-refractivity contribution < 1.29 is 4.74 Å². The number of benzene rings is 2. The van der Waals surface area contributed by atoms with E-state index in [0.717, 1.165) is 29.7 Å². The number of nitrogens with zero attached hydrogens (tertiary/aromatic N) is 1. The van der Waals surface area contributed by atoms with E-state index in [2.05, 4.69) is 57.2 Å². The van der Waals surface area contributed by atoms with Gasteiger partial charge in [0.25, 0.3) is 0 Å². The van der Waals surface area contributed by atoms with Crippen LogP contribution in [0.15, 0.2) is 46.9 Å². The van der Waals surface area contributed by atoms with Crippen molar-refractivity contribution in [1.82, 2.24) is 0 Å². The first kappa shape index (κ1) is 12.5. The van der Waals surface area contributed by atoms with Crippen molar-refractivity contribution in [2.75, 3.05) is 18.6 Å². The van der Waals surface area contributed by atoms with Gasteiger partial charge in [-0.25, -0.2) is 0 Å². The molecular weight excluding hydrogens is 302 g/mol. The first-order valence-corrected chi connectivity index (χ1v) is 7.22. The van der Waals surface area contributed by atoms with Gasteiger partial charge in [0.2, 0.25) is 0 Å². The lowest BCUT2D eigenvalue weighted by Crippen LogP contribution is -2.20. The molecule has 19 heavy (non-hydrogen) atoms. The number of methoxy groups -OCH3 is 1. The van der Waals surface area contributed by atoms with E-state index in [1.165, 1.54) is 16.8 Å². The minimum absolute atomic E-state index is 0.896. The molecule has 0 fully saturated rings. The molecule has 0 N–H and O–H groups in total. The summed E-state index contributed by atoms with van der Waals surface area (Å²) in [6.07, 6.45) is 1.13. The third kappa shape index (κ3) is 2.47. The molecule has 3 heteroatoms. The fraction of sp³-hybridized carbons (Fsp3) is 0.250. The van der Waals surface area contributed by atoms with Crippen molar-refractivity contribution in [3.05, 3.63) is 58.1 Å². The Morgan fingerprint density at radius 3 is 2.89 bits per heavy atom. The van der Waals surface area contributed by atoms with E-state index in [1.54, 1.807) is 7.11 Å². The van der Waals surface area contributed by atoms with Crippen molar-refractivity contribution in [1.29, 1.82) is 0 Å². The fourth-order valence-corrected chi connectivity index (χ4v) is 2.97. The van der Waals surface area contributed by atoms with Crippen LogP contribution in [-0.4, -0.2) is 13.7 Å². The third-order valence-electron chi connectivity index (χ3n) is 3.59. The van der Waals surface area contributed by atoms with Gasteiger partial charge >= 0.3 is 0 Å². The van der Waals surface area contributed by atoms with Gasteiger partial charge in [-0.3, -0.25) is 0 Å². The molecule has 0 aromatic heterocycles. The highest BCUT2D eigenvalue weighted by Crippen LogP contribution is 2.31. The van der Waals surface area contributed by atoms with E-state index in [1.807, 2.05) is 6.07 Å². The standard InChI is InChI=1S/C16H16BrNO/c1-19-16-10-14(17)7-6-13(16)11-18-9-8-12-4-2-3-5-15(12)18/h2-7,10H,8-9,11H2,1H3. The highest BCUT2D eigenvalue weighted by molar-refractivity contribution is 9.10. The molecule has 1 aliphatic heterocycles. The zero-order valence-electron chi connectivity index (χ0n) is 10.9. The second-order valence-electron chi connectivity index (χ2n) is 4.76. The SMILES string of the molecule is COc1cc(Br)ccc1CN1CCc2ccccc21. The van der Waals surface area contributed by atoms with Crippen molar-refractivity contribution in [3.8, 4) is 5.75 Å². The van der Waals surface area contributed by atoms with E-state index in [4.69, 9.17) is 4.74 Å². The maximum atomic E-state index is 5.47. The molecule has 0 atom stereocenters. The van der Waals surface area contributed by atoms with E-state index in [-0.39, 0.29) is 0 Å². The van der Waals surface area contributed by atoms with Crippen LogP contribution in [0.25, 0.3) is 0 Å². The second kappa shape index (κ2) is 5.25. The molecule has 2 nitrogen and oxygen atoms in total. The molecule has 98 valence electrons. The zero-order chi connectivity index (χ0) is 13.2. The Morgan fingerprint density at radius 2 is 2.05 bits per heavy atom. The van der Waals surface area contributed by atoms with Gasteiger partial charge < -0.3 is 9.64 Å². The zero-order valence-corrected chi connectivity index (χ0v) is 12.5. The summed E-state index contributed by atoms with van der Waals surface area (Å²) in [6.45, 7) is 1.98. The number of anilines is 1. The monoisotopic (exact) mass is 317 g/mol. The lowest BCUT2D eigenvalue weighted by atomic mass is 10.1.